The smallest absolute Gasteiger partial charge is 0.303 e. The van der Waals surface area contributed by atoms with E-state index in [0.29, 0.717) is 0 Å². The Morgan fingerprint density at radius 1 is 0.818 bits per heavy atom. The van der Waals surface area contributed by atoms with Crippen LogP contribution in [0.15, 0.2) is 0 Å². The molecule has 2 aliphatic heterocycles. The molecule has 0 spiro atoms. The van der Waals surface area contributed by atoms with Gasteiger partial charge in [-0.1, -0.05) is 27.7 Å². The number of carbonyl (C=O) groups excluding carboxylic acids is 3. The minimum absolute atomic E-state index is 0.0161. The highest BCUT2D eigenvalue weighted by Gasteiger charge is 2.53. The third kappa shape index (κ3) is 6.67. The van der Waals surface area contributed by atoms with Crippen LogP contribution in [0.25, 0.3) is 0 Å². The molecule has 10 unspecified atom stereocenters. The summed E-state index contributed by atoms with van der Waals surface area (Å²) in [5.41, 5.74) is -0.932. The van der Waals surface area contributed by atoms with Crippen molar-refractivity contribution in [2.75, 3.05) is 13.2 Å². The van der Waals surface area contributed by atoms with Crippen LogP contribution in [0.4, 0.5) is 0 Å². The molecule has 2 fully saturated rings. The fourth-order valence-corrected chi connectivity index (χ4v) is 4.75. The van der Waals surface area contributed by atoms with Crippen LogP contribution in [0.1, 0.15) is 62.3 Å². The van der Waals surface area contributed by atoms with Crippen molar-refractivity contribution in [3.63, 3.8) is 0 Å². The largest absolute Gasteiger partial charge is 0.463 e. The molecule has 0 aromatic carbocycles. The third-order valence-corrected chi connectivity index (χ3v) is 7.21. The van der Waals surface area contributed by atoms with E-state index in [0.717, 1.165) is 0 Å². The zero-order chi connectivity index (χ0) is 25.1. The topological polar surface area (TPSA) is 107 Å². The molecule has 0 aromatic heterocycles. The lowest BCUT2D eigenvalue weighted by molar-refractivity contribution is -0.335. The molecule has 190 valence electrons. The van der Waals surface area contributed by atoms with Gasteiger partial charge in [-0.2, -0.15) is 0 Å². The molecule has 2 rings (SSSR count). The molecular weight excluding hydrogens is 432 g/mol. The van der Waals surface area contributed by atoms with Crippen LogP contribution in [0.5, 0.6) is 0 Å². The Hall–Kier alpha value is -1.71. The fourth-order valence-electron chi connectivity index (χ4n) is 4.75. The summed E-state index contributed by atoms with van der Waals surface area (Å²) < 4.78 is 35.2. The van der Waals surface area contributed by atoms with Crippen molar-refractivity contribution in [1.29, 1.82) is 0 Å². The number of rotatable bonds is 7. The van der Waals surface area contributed by atoms with Gasteiger partial charge in [0.05, 0.1) is 18.3 Å². The first-order chi connectivity index (χ1) is 15.3. The number of ether oxygens (including phenoxy) is 6. The highest BCUT2D eigenvalue weighted by atomic mass is 16.7. The lowest BCUT2D eigenvalue weighted by Crippen LogP contribution is -2.63. The molecule has 0 N–H and O–H groups in total. The van der Waals surface area contributed by atoms with Gasteiger partial charge in [0.25, 0.3) is 0 Å². The maximum Gasteiger partial charge on any atom is 0.303 e. The first kappa shape index (κ1) is 27.5. The molecule has 10 atom stereocenters. The van der Waals surface area contributed by atoms with E-state index in [1.54, 1.807) is 0 Å². The highest BCUT2D eigenvalue weighted by Crippen LogP contribution is 2.42. The van der Waals surface area contributed by atoms with Gasteiger partial charge >= 0.3 is 17.9 Å². The van der Waals surface area contributed by atoms with Crippen LogP contribution in [0.2, 0.25) is 0 Å². The number of carbonyl (C=O) groups is 3. The highest BCUT2D eigenvalue weighted by molar-refractivity contribution is 5.66. The molecule has 2 aliphatic rings. The van der Waals surface area contributed by atoms with E-state index in [2.05, 4.69) is 13.8 Å². The molecular formula is C24H40O9. The van der Waals surface area contributed by atoms with Crippen LogP contribution in [0, 0.1) is 23.7 Å². The molecule has 0 radical (unpaired) electrons. The molecule has 9 nitrogen and oxygen atoms in total. The van der Waals surface area contributed by atoms with Gasteiger partial charge in [0.15, 0.2) is 12.4 Å². The summed E-state index contributed by atoms with van der Waals surface area (Å²) >= 11 is 0. The van der Waals surface area contributed by atoms with Crippen LogP contribution < -0.4 is 0 Å². The van der Waals surface area contributed by atoms with Crippen molar-refractivity contribution in [1.82, 2.24) is 0 Å². The van der Waals surface area contributed by atoms with E-state index < -0.39 is 48.1 Å². The monoisotopic (exact) mass is 472 g/mol. The van der Waals surface area contributed by atoms with Crippen molar-refractivity contribution in [3.05, 3.63) is 0 Å². The molecule has 2 saturated heterocycles. The average molecular weight is 473 g/mol. The molecule has 0 aromatic rings. The quantitative estimate of drug-likeness (QED) is 0.408. The van der Waals surface area contributed by atoms with Crippen molar-refractivity contribution in [2.45, 2.75) is 98.6 Å². The molecule has 0 bridgehead atoms. The molecule has 0 saturated carbocycles. The zero-order valence-corrected chi connectivity index (χ0v) is 21.3. The Morgan fingerprint density at radius 3 is 1.97 bits per heavy atom. The van der Waals surface area contributed by atoms with E-state index in [1.807, 2.05) is 27.7 Å². The summed E-state index contributed by atoms with van der Waals surface area (Å²) in [6.45, 7) is 16.0. The van der Waals surface area contributed by atoms with Crippen LogP contribution >= 0.6 is 0 Å². The zero-order valence-electron chi connectivity index (χ0n) is 21.3. The van der Waals surface area contributed by atoms with E-state index in [-0.39, 0.29) is 43.0 Å². The second kappa shape index (κ2) is 11.1. The second-order valence-corrected chi connectivity index (χ2v) is 9.83. The van der Waals surface area contributed by atoms with Gasteiger partial charge in [0.1, 0.15) is 18.8 Å². The predicted molar refractivity (Wildman–Crippen MR) is 118 cm³/mol. The van der Waals surface area contributed by atoms with Gasteiger partial charge in [-0.25, -0.2) is 0 Å². The minimum atomic E-state index is -0.932. The van der Waals surface area contributed by atoms with Crippen molar-refractivity contribution in [3.8, 4) is 0 Å². The van der Waals surface area contributed by atoms with Crippen LogP contribution in [0.3, 0.4) is 0 Å². The lowest BCUT2D eigenvalue weighted by atomic mass is 9.76. The summed E-state index contributed by atoms with van der Waals surface area (Å²) in [6.07, 6.45) is -2.59. The van der Waals surface area contributed by atoms with Crippen molar-refractivity contribution < 1.29 is 42.8 Å². The SMILES string of the molecule is CC(=O)OCC1OC(OC2C(C)C(C)C(C)OC2(C)COC(C)=O)C(OC(C)=O)C(C)C1C. The Balaban J connectivity index is 2.34. The fraction of sp³-hybridized carbons (Fsp3) is 0.875. The minimum Gasteiger partial charge on any atom is -0.463 e. The van der Waals surface area contributed by atoms with E-state index in [4.69, 9.17) is 28.4 Å². The Morgan fingerprint density at radius 2 is 1.42 bits per heavy atom. The standard InChI is InChI=1S/C24H40O9/c1-12-15(4)22(24(9,33-16(12)5)11-29-18(7)26)32-23-21(30-19(8)27)14(3)13(2)20(31-23)10-28-17(6)25/h12-16,20-23H,10-11H2,1-9H3. The summed E-state index contributed by atoms with van der Waals surface area (Å²) in [5, 5.41) is 0. The molecule has 0 amide bonds. The van der Waals surface area contributed by atoms with Crippen molar-refractivity contribution >= 4 is 17.9 Å². The maximum absolute atomic E-state index is 11.9. The van der Waals surface area contributed by atoms with E-state index in [9.17, 15) is 14.4 Å². The number of hydrogen-bond donors (Lipinski definition) is 0. The van der Waals surface area contributed by atoms with Gasteiger partial charge in [-0.05, 0) is 31.6 Å². The van der Waals surface area contributed by atoms with Crippen LogP contribution in [-0.4, -0.2) is 67.4 Å². The lowest BCUT2D eigenvalue weighted by Gasteiger charge is -2.52. The average Bonchev–Trinajstić information content (AvgIpc) is 2.71. The maximum atomic E-state index is 11.9. The first-order valence-electron chi connectivity index (χ1n) is 11.7. The first-order valence-corrected chi connectivity index (χ1v) is 11.7. The van der Waals surface area contributed by atoms with Gasteiger partial charge in [-0.15, -0.1) is 0 Å². The summed E-state index contributed by atoms with van der Waals surface area (Å²) in [5.74, 6) is -1.24. The summed E-state index contributed by atoms with van der Waals surface area (Å²) in [6, 6.07) is 0. The second-order valence-electron chi connectivity index (χ2n) is 9.83. The van der Waals surface area contributed by atoms with Gasteiger partial charge in [0.2, 0.25) is 0 Å². The van der Waals surface area contributed by atoms with Crippen LogP contribution in [-0.2, 0) is 42.8 Å². The number of hydrogen-bond acceptors (Lipinski definition) is 9. The van der Waals surface area contributed by atoms with Crippen molar-refractivity contribution in [2.24, 2.45) is 23.7 Å². The molecule has 33 heavy (non-hydrogen) atoms. The number of esters is 3. The Kier molecular flexibility index (Phi) is 9.30. The molecule has 0 aliphatic carbocycles. The van der Waals surface area contributed by atoms with E-state index >= 15 is 0 Å². The Labute approximate surface area is 196 Å². The van der Waals surface area contributed by atoms with Gasteiger partial charge < -0.3 is 28.4 Å². The van der Waals surface area contributed by atoms with E-state index in [1.165, 1.54) is 20.8 Å². The predicted octanol–water partition coefficient (Wildman–Crippen LogP) is 2.88. The summed E-state index contributed by atoms with van der Waals surface area (Å²) in [4.78, 5) is 34.8. The van der Waals surface area contributed by atoms with Gasteiger partial charge in [-0.3, -0.25) is 14.4 Å². The van der Waals surface area contributed by atoms with Gasteiger partial charge in [0, 0.05) is 26.7 Å². The molecule has 9 heteroatoms. The summed E-state index contributed by atoms with van der Waals surface area (Å²) in [7, 11) is 0. The third-order valence-electron chi connectivity index (χ3n) is 7.21. The molecule has 2 heterocycles. The normalized spacial score (nSPS) is 41.2. The Bertz CT molecular complexity index is 708.